The van der Waals surface area contributed by atoms with E-state index in [4.69, 9.17) is 0 Å². The van der Waals surface area contributed by atoms with Crippen LogP contribution in [-0.4, -0.2) is 4.57 Å². The number of aromatic nitrogens is 2. The fraction of sp³-hybridized carbons (Fsp3) is 0.0789. The van der Waals surface area contributed by atoms with E-state index in [1.165, 1.54) is 82.2 Å². The van der Waals surface area contributed by atoms with Crippen molar-refractivity contribution in [3.05, 3.63) is 133 Å². The average molecular weight is 514 g/mol. The van der Waals surface area contributed by atoms with Gasteiger partial charge in [0.05, 0.1) is 27.7 Å². The maximum absolute atomic E-state index is 2.43. The summed E-state index contributed by atoms with van der Waals surface area (Å²) in [6, 6.07) is 42.3. The number of nitrogens with zero attached hydrogens (tertiary/aromatic N) is 2. The highest BCUT2D eigenvalue weighted by Gasteiger charge is 2.21. The van der Waals surface area contributed by atoms with E-state index in [1.807, 2.05) is 0 Å². The lowest BCUT2D eigenvalue weighted by Gasteiger charge is -2.15. The van der Waals surface area contributed by atoms with Crippen molar-refractivity contribution >= 4 is 54.1 Å². The number of aryl methyl sites for hydroxylation is 3. The second kappa shape index (κ2) is 8.53. The second-order valence-corrected chi connectivity index (χ2v) is 11.0. The fourth-order valence-corrected chi connectivity index (χ4v) is 6.86. The zero-order chi connectivity index (χ0) is 27.0. The Kier molecular flexibility index (Phi) is 4.90. The summed E-state index contributed by atoms with van der Waals surface area (Å²) in [6.07, 6.45) is 2.22. The van der Waals surface area contributed by atoms with Crippen LogP contribution in [0.15, 0.2) is 121 Å². The zero-order valence-corrected chi connectivity index (χ0v) is 22.9. The summed E-state index contributed by atoms with van der Waals surface area (Å²) >= 11 is 0. The lowest BCUT2D eigenvalue weighted by molar-refractivity contribution is -0.659. The first-order valence-electron chi connectivity index (χ1n) is 13.9. The van der Waals surface area contributed by atoms with Crippen LogP contribution in [0.4, 0.5) is 0 Å². The van der Waals surface area contributed by atoms with E-state index >= 15 is 0 Å². The predicted molar refractivity (Wildman–Crippen MR) is 169 cm³/mol. The van der Waals surface area contributed by atoms with Gasteiger partial charge in [0.2, 0.25) is 5.69 Å². The Morgan fingerprint density at radius 1 is 0.500 bits per heavy atom. The third-order valence-corrected chi connectivity index (χ3v) is 8.75. The fourth-order valence-electron chi connectivity index (χ4n) is 6.86. The molecule has 2 heteroatoms. The van der Waals surface area contributed by atoms with Gasteiger partial charge in [0.15, 0.2) is 6.20 Å². The normalized spacial score (nSPS) is 11.9. The maximum atomic E-state index is 2.43. The van der Waals surface area contributed by atoms with Crippen LogP contribution in [0.5, 0.6) is 0 Å². The highest BCUT2D eigenvalue weighted by atomic mass is 15.0. The first kappa shape index (κ1) is 23.0. The molecule has 0 atom stereocenters. The molecule has 0 fully saturated rings. The van der Waals surface area contributed by atoms with Crippen LogP contribution in [0.1, 0.15) is 11.1 Å². The minimum Gasteiger partial charge on any atom is -0.309 e. The lowest BCUT2D eigenvalue weighted by atomic mass is 9.91. The van der Waals surface area contributed by atoms with Crippen molar-refractivity contribution < 1.29 is 4.57 Å². The molecule has 2 aromatic heterocycles. The van der Waals surface area contributed by atoms with E-state index in [2.05, 4.69) is 151 Å². The summed E-state index contributed by atoms with van der Waals surface area (Å²) in [5.74, 6) is 0. The molecule has 0 unspecified atom stereocenters. The second-order valence-electron chi connectivity index (χ2n) is 11.0. The smallest absolute Gasteiger partial charge is 0.220 e. The van der Waals surface area contributed by atoms with Crippen molar-refractivity contribution in [2.75, 3.05) is 0 Å². The molecule has 6 aromatic carbocycles. The molecular weight excluding hydrogens is 484 g/mol. The minimum absolute atomic E-state index is 1.21. The Morgan fingerprint density at radius 2 is 1.07 bits per heavy atom. The summed E-state index contributed by atoms with van der Waals surface area (Å²) in [5, 5.41) is 10.3. The Hall–Kier alpha value is -4.95. The van der Waals surface area contributed by atoms with E-state index in [1.54, 1.807) is 0 Å². The van der Waals surface area contributed by atoms with E-state index in [0.29, 0.717) is 0 Å². The number of fused-ring (bicyclic) bond motifs is 7. The number of benzene rings is 6. The summed E-state index contributed by atoms with van der Waals surface area (Å²) < 4.78 is 4.71. The van der Waals surface area contributed by atoms with E-state index < -0.39 is 0 Å². The van der Waals surface area contributed by atoms with Crippen molar-refractivity contribution in [3.63, 3.8) is 0 Å². The standard InChI is InChI=1S/C38H29N2/c1-24-23-34(25(2)27-12-5-4-11-26(24)27)38-33-20-19-32-28(29(33)21-22-39(38)3)15-10-18-37(32)40-35-16-8-6-13-30(35)31-14-7-9-17-36(31)40/h4-23H,1-3H3/q+1. The largest absolute Gasteiger partial charge is 0.309 e. The third-order valence-electron chi connectivity index (χ3n) is 8.75. The molecular formula is C38H29N2+. The Bertz CT molecular complexity index is 2250. The van der Waals surface area contributed by atoms with Crippen LogP contribution < -0.4 is 4.57 Å². The summed E-state index contributed by atoms with van der Waals surface area (Å²) in [6.45, 7) is 4.49. The van der Waals surface area contributed by atoms with Gasteiger partial charge in [0.1, 0.15) is 7.05 Å². The molecule has 40 heavy (non-hydrogen) atoms. The van der Waals surface area contributed by atoms with Gasteiger partial charge in [-0.15, -0.1) is 0 Å². The molecule has 0 N–H and O–H groups in total. The van der Waals surface area contributed by atoms with Gasteiger partial charge in [-0.05, 0) is 71.5 Å². The molecule has 0 bridgehead atoms. The molecule has 0 radical (unpaired) electrons. The first-order chi connectivity index (χ1) is 19.6. The molecule has 2 heterocycles. The molecule has 0 saturated carbocycles. The van der Waals surface area contributed by atoms with Gasteiger partial charge in [-0.25, -0.2) is 4.57 Å². The van der Waals surface area contributed by atoms with Crippen LogP contribution in [-0.2, 0) is 7.05 Å². The minimum atomic E-state index is 1.21. The molecule has 0 saturated heterocycles. The van der Waals surface area contributed by atoms with Crippen molar-refractivity contribution in [3.8, 4) is 16.9 Å². The van der Waals surface area contributed by atoms with Gasteiger partial charge in [0, 0.05) is 27.6 Å². The monoisotopic (exact) mass is 513 g/mol. The highest BCUT2D eigenvalue weighted by Crippen LogP contribution is 2.39. The number of hydrogen-bond acceptors (Lipinski definition) is 0. The van der Waals surface area contributed by atoms with Crippen LogP contribution in [0.3, 0.4) is 0 Å². The van der Waals surface area contributed by atoms with Gasteiger partial charge >= 0.3 is 0 Å². The maximum Gasteiger partial charge on any atom is 0.220 e. The van der Waals surface area contributed by atoms with Gasteiger partial charge in [-0.3, -0.25) is 0 Å². The summed E-state index contributed by atoms with van der Waals surface area (Å²) in [7, 11) is 2.16. The van der Waals surface area contributed by atoms with Gasteiger partial charge in [0.25, 0.3) is 0 Å². The summed E-state index contributed by atoms with van der Waals surface area (Å²) in [4.78, 5) is 0. The highest BCUT2D eigenvalue weighted by molar-refractivity contribution is 6.15. The van der Waals surface area contributed by atoms with Crippen LogP contribution >= 0.6 is 0 Å². The topological polar surface area (TPSA) is 8.81 Å². The number of rotatable bonds is 2. The molecule has 8 rings (SSSR count). The average Bonchev–Trinajstić information content (AvgIpc) is 3.33. The van der Waals surface area contributed by atoms with Crippen molar-refractivity contribution in [2.45, 2.75) is 13.8 Å². The number of para-hydroxylation sites is 2. The Labute approximate surface area is 233 Å². The molecule has 0 aliphatic carbocycles. The van der Waals surface area contributed by atoms with Crippen molar-refractivity contribution in [1.82, 2.24) is 4.57 Å². The lowest BCUT2D eigenvalue weighted by Crippen LogP contribution is -2.30. The van der Waals surface area contributed by atoms with Crippen molar-refractivity contribution in [2.24, 2.45) is 7.05 Å². The van der Waals surface area contributed by atoms with E-state index in [9.17, 15) is 0 Å². The van der Waals surface area contributed by atoms with E-state index in [0.717, 1.165) is 0 Å². The molecule has 0 aliphatic heterocycles. The predicted octanol–water partition coefficient (Wildman–Crippen LogP) is 9.35. The number of hydrogen-bond donors (Lipinski definition) is 0. The van der Waals surface area contributed by atoms with E-state index in [-0.39, 0.29) is 0 Å². The first-order valence-corrected chi connectivity index (χ1v) is 13.9. The van der Waals surface area contributed by atoms with Gasteiger partial charge < -0.3 is 4.57 Å². The Morgan fingerprint density at radius 3 is 1.80 bits per heavy atom. The zero-order valence-electron chi connectivity index (χ0n) is 22.9. The van der Waals surface area contributed by atoms with Crippen LogP contribution in [0.2, 0.25) is 0 Å². The van der Waals surface area contributed by atoms with Gasteiger partial charge in [-0.2, -0.15) is 0 Å². The Balaban J connectivity index is 1.45. The van der Waals surface area contributed by atoms with Gasteiger partial charge in [-0.1, -0.05) is 78.9 Å². The van der Waals surface area contributed by atoms with Crippen molar-refractivity contribution in [1.29, 1.82) is 0 Å². The molecule has 0 aliphatic rings. The molecule has 0 spiro atoms. The molecule has 2 nitrogen and oxygen atoms in total. The third kappa shape index (κ3) is 3.14. The molecule has 190 valence electrons. The SMILES string of the molecule is Cc1cc(-c2c3ccc4c(-n5c6ccccc6c6ccccc65)cccc4c3cc[n+]2C)c(C)c2ccccc12. The van der Waals surface area contributed by atoms with Crippen LogP contribution in [0.25, 0.3) is 71.1 Å². The molecule has 8 aromatic rings. The summed E-state index contributed by atoms with van der Waals surface area (Å²) in [5.41, 5.74) is 8.86. The quantitative estimate of drug-likeness (QED) is 0.161. The van der Waals surface area contributed by atoms with Crippen LogP contribution in [0, 0.1) is 13.8 Å². The number of pyridine rings is 1. The molecule has 0 amide bonds.